The Bertz CT molecular complexity index is 1180. The molecule has 2 heterocycles. The van der Waals surface area contributed by atoms with Crippen molar-refractivity contribution in [2.45, 2.75) is 12.3 Å². The minimum atomic E-state index is -0.335. The minimum Gasteiger partial charge on any atom is -0.497 e. The molecule has 0 saturated heterocycles. The van der Waals surface area contributed by atoms with E-state index in [2.05, 4.69) is 21.7 Å². The number of ether oxygens (including phenoxy) is 1. The van der Waals surface area contributed by atoms with Crippen LogP contribution < -0.4 is 15.4 Å². The fraction of sp³-hybridized carbons (Fsp3) is 0.200. The van der Waals surface area contributed by atoms with Crippen LogP contribution in [0.4, 0.5) is 0 Å². The number of benzene rings is 2. The van der Waals surface area contributed by atoms with Gasteiger partial charge in [-0.25, -0.2) is 0 Å². The standard InChI is InChI=1S/C25H25N3O4/c1-31-18-10-8-17(9-11-18)20(21-16-27-22-6-3-2-5-19(21)22)15-28-24(29)12-13-26-25(30)23-7-4-14-32-23/h2-11,14,16,20,27H,12-13,15H2,1H3,(H,26,30)(H,28,29)/t20-/m1/s1. The van der Waals surface area contributed by atoms with E-state index in [4.69, 9.17) is 9.15 Å². The van der Waals surface area contributed by atoms with E-state index in [1.807, 2.05) is 48.7 Å². The molecule has 0 fully saturated rings. The molecule has 0 aliphatic heterocycles. The molecule has 0 aliphatic carbocycles. The van der Waals surface area contributed by atoms with Crippen LogP contribution in [-0.2, 0) is 4.79 Å². The first-order valence-electron chi connectivity index (χ1n) is 10.4. The molecule has 4 rings (SSSR count). The molecular weight excluding hydrogens is 406 g/mol. The summed E-state index contributed by atoms with van der Waals surface area (Å²) in [4.78, 5) is 27.7. The van der Waals surface area contributed by atoms with Crippen LogP contribution in [0.25, 0.3) is 10.9 Å². The lowest BCUT2D eigenvalue weighted by Crippen LogP contribution is -2.33. The number of fused-ring (bicyclic) bond motifs is 1. The van der Waals surface area contributed by atoms with Crippen LogP contribution >= 0.6 is 0 Å². The van der Waals surface area contributed by atoms with Crippen molar-refractivity contribution in [2.24, 2.45) is 0 Å². The van der Waals surface area contributed by atoms with Crippen molar-refractivity contribution in [1.82, 2.24) is 15.6 Å². The van der Waals surface area contributed by atoms with Gasteiger partial charge in [-0.05, 0) is 41.5 Å². The first kappa shape index (κ1) is 21.2. The average Bonchev–Trinajstić information content (AvgIpc) is 3.50. The normalized spacial score (nSPS) is 11.8. The Labute approximate surface area is 185 Å². The highest BCUT2D eigenvalue weighted by Gasteiger charge is 2.19. The molecule has 0 radical (unpaired) electrons. The number of aromatic amines is 1. The SMILES string of the molecule is COc1ccc([C@@H](CNC(=O)CCNC(=O)c2ccco2)c2c[nH]c3ccccc23)cc1. The van der Waals surface area contributed by atoms with Crippen LogP contribution in [0, 0.1) is 0 Å². The highest BCUT2D eigenvalue weighted by atomic mass is 16.5. The summed E-state index contributed by atoms with van der Waals surface area (Å²) in [6, 6.07) is 19.2. The van der Waals surface area contributed by atoms with E-state index in [1.54, 1.807) is 19.2 Å². The van der Waals surface area contributed by atoms with Crippen molar-refractivity contribution in [3.8, 4) is 5.75 Å². The summed E-state index contributed by atoms with van der Waals surface area (Å²) >= 11 is 0. The molecule has 0 unspecified atom stereocenters. The topological polar surface area (TPSA) is 96.4 Å². The highest BCUT2D eigenvalue weighted by Crippen LogP contribution is 2.31. The second kappa shape index (κ2) is 9.87. The minimum absolute atomic E-state index is 0.0429. The van der Waals surface area contributed by atoms with Gasteiger partial charge in [0.2, 0.25) is 5.91 Å². The lowest BCUT2D eigenvalue weighted by atomic mass is 9.90. The van der Waals surface area contributed by atoms with Gasteiger partial charge in [-0.2, -0.15) is 0 Å². The first-order valence-corrected chi connectivity index (χ1v) is 10.4. The molecule has 4 aromatic rings. The van der Waals surface area contributed by atoms with Gasteiger partial charge in [0, 0.05) is 42.5 Å². The van der Waals surface area contributed by atoms with Crippen LogP contribution in [0.3, 0.4) is 0 Å². The molecule has 164 valence electrons. The van der Waals surface area contributed by atoms with Gasteiger partial charge >= 0.3 is 0 Å². The molecule has 1 atom stereocenters. The van der Waals surface area contributed by atoms with E-state index in [0.29, 0.717) is 6.54 Å². The number of aromatic nitrogens is 1. The predicted octanol–water partition coefficient (Wildman–Crippen LogP) is 3.84. The molecule has 7 heteroatoms. The number of furan rings is 1. The van der Waals surface area contributed by atoms with Crippen LogP contribution in [0.15, 0.2) is 77.5 Å². The fourth-order valence-corrected chi connectivity index (χ4v) is 3.71. The maximum Gasteiger partial charge on any atom is 0.286 e. The predicted molar refractivity (Wildman–Crippen MR) is 122 cm³/mol. The van der Waals surface area contributed by atoms with Crippen LogP contribution in [0.1, 0.15) is 34.0 Å². The molecule has 0 saturated carbocycles. The Morgan fingerprint density at radius 2 is 1.84 bits per heavy atom. The summed E-state index contributed by atoms with van der Waals surface area (Å²) in [6.07, 6.45) is 3.61. The molecule has 0 spiro atoms. The van der Waals surface area contributed by atoms with E-state index in [9.17, 15) is 9.59 Å². The number of hydrogen-bond donors (Lipinski definition) is 3. The number of para-hydroxylation sites is 1. The Morgan fingerprint density at radius 3 is 2.59 bits per heavy atom. The smallest absolute Gasteiger partial charge is 0.286 e. The van der Waals surface area contributed by atoms with Gasteiger partial charge in [-0.3, -0.25) is 9.59 Å². The monoisotopic (exact) mass is 431 g/mol. The number of amides is 2. The maximum absolute atomic E-state index is 12.5. The summed E-state index contributed by atoms with van der Waals surface area (Å²) in [5.74, 6) is 0.492. The van der Waals surface area contributed by atoms with E-state index in [0.717, 1.165) is 27.8 Å². The Kier molecular flexibility index (Phi) is 6.55. The highest BCUT2D eigenvalue weighted by molar-refractivity contribution is 5.91. The van der Waals surface area contributed by atoms with Gasteiger partial charge in [0.15, 0.2) is 5.76 Å². The summed E-state index contributed by atoms with van der Waals surface area (Å²) in [7, 11) is 1.64. The molecule has 3 N–H and O–H groups in total. The van der Waals surface area contributed by atoms with Crippen molar-refractivity contribution >= 4 is 22.7 Å². The van der Waals surface area contributed by atoms with E-state index in [1.165, 1.54) is 6.26 Å². The molecule has 2 amide bonds. The largest absolute Gasteiger partial charge is 0.497 e. The summed E-state index contributed by atoms with van der Waals surface area (Å²) in [5.41, 5.74) is 3.23. The Hall–Kier alpha value is -4.00. The molecule has 2 aromatic carbocycles. The van der Waals surface area contributed by atoms with E-state index < -0.39 is 0 Å². The summed E-state index contributed by atoms with van der Waals surface area (Å²) < 4.78 is 10.3. The Morgan fingerprint density at radius 1 is 1.03 bits per heavy atom. The zero-order valence-electron chi connectivity index (χ0n) is 17.8. The van der Waals surface area contributed by atoms with Crippen molar-refractivity contribution < 1.29 is 18.7 Å². The quantitative estimate of drug-likeness (QED) is 0.375. The fourth-order valence-electron chi connectivity index (χ4n) is 3.71. The number of carbonyl (C=O) groups excluding carboxylic acids is 2. The third-order valence-corrected chi connectivity index (χ3v) is 5.40. The maximum atomic E-state index is 12.5. The molecule has 7 nitrogen and oxygen atoms in total. The zero-order valence-corrected chi connectivity index (χ0v) is 17.8. The number of H-pyrrole nitrogens is 1. The summed E-state index contributed by atoms with van der Waals surface area (Å²) in [5, 5.41) is 6.82. The summed E-state index contributed by atoms with van der Waals surface area (Å²) in [6.45, 7) is 0.658. The number of rotatable bonds is 9. The zero-order chi connectivity index (χ0) is 22.3. The molecule has 0 bridgehead atoms. The van der Waals surface area contributed by atoms with Gasteiger partial charge in [-0.1, -0.05) is 30.3 Å². The third-order valence-electron chi connectivity index (χ3n) is 5.40. The Balaban J connectivity index is 1.43. The lowest BCUT2D eigenvalue weighted by Gasteiger charge is -2.19. The van der Waals surface area contributed by atoms with E-state index in [-0.39, 0.29) is 36.5 Å². The van der Waals surface area contributed by atoms with Gasteiger partial charge < -0.3 is 24.8 Å². The molecule has 2 aromatic heterocycles. The van der Waals surface area contributed by atoms with E-state index >= 15 is 0 Å². The number of methoxy groups -OCH3 is 1. The van der Waals surface area contributed by atoms with Gasteiger partial charge in [0.1, 0.15) is 5.75 Å². The van der Waals surface area contributed by atoms with Crippen molar-refractivity contribution in [3.63, 3.8) is 0 Å². The third kappa shape index (κ3) is 4.83. The number of nitrogens with one attached hydrogen (secondary N) is 3. The van der Waals surface area contributed by atoms with Gasteiger partial charge in [0.25, 0.3) is 5.91 Å². The van der Waals surface area contributed by atoms with Crippen molar-refractivity contribution in [1.29, 1.82) is 0 Å². The number of carbonyl (C=O) groups is 2. The molecular formula is C25H25N3O4. The second-order valence-electron chi connectivity index (χ2n) is 7.40. The van der Waals surface area contributed by atoms with Gasteiger partial charge in [0.05, 0.1) is 13.4 Å². The van der Waals surface area contributed by atoms with Crippen LogP contribution in [0.2, 0.25) is 0 Å². The lowest BCUT2D eigenvalue weighted by molar-refractivity contribution is -0.120. The number of hydrogen-bond acceptors (Lipinski definition) is 4. The van der Waals surface area contributed by atoms with Gasteiger partial charge in [-0.15, -0.1) is 0 Å². The molecule has 32 heavy (non-hydrogen) atoms. The van der Waals surface area contributed by atoms with Crippen LogP contribution in [0.5, 0.6) is 5.75 Å². The second-order valence-corrected chi connectivity index (χ2v) is 7.40. The molecule has 0 aliphatic rings. The van der Waals surface area contributed by atoms with Crippen LogP contribution in [-0.4, -0.2) is 37.0 Å². The first-order chi connectivity index (χ1) is 15.7. The average molecular weight is 431 g/mol. The van der Waals surface area contributed by atoms with Crippen molar-refractivity contribution in [3.05, 3.63) is 90.0 Å². The van der Waals surface area contributed by atoms with Crippen molar-refractivity contribution in [2.75, 3.05) is 20.2 Å².